The monoisotopic (exact) mass is 210 g/mol. The fourth-order valence-electron chi connectivity index (χ4n) is 0. The molecule has 0 saturated carbocycles. The van der Waals surface area contributed by atoms with Crippen molar-refractivity contribution in [2.75, 3.05) is 40.0 Å². The Bertz CT molecular complexity index is 26.5. The average Bonchev–Trinajstić information content (AvgIpc) is 1.25. The zero-order valence-electron chi connectivity index (χ0n) is 7.21. The molecule has 0 N–H and O–H groups in total. The Morgan fingerprint density at radius 2 is 0.556 bits per heavy atom. The normalized spacial score (nSPS) is 8.00. The SMILES string of the molecule is CP(C)C.CP(C)C.[Ni]. The van der Waals surface area contributed by atoms with Gasteiger partial charge in [0, 0.05) is 16.5 Å². The number of hydrogen-bond acceptors (Lipinski definition) is 0. The minimum atomic E-state index is 0. The first-order valence-electron chi connectivity index (χ1n) is 2.68. The van der Waals surface area contributed by atoms with E-state index >= 15 is 0 Å². The van der Waals surface area contributed by atoms with Crippen molar-refractivity contribution in [2.24, 2.45) is 0 Å². The predicted octanol–water partition coefficient (Wildman–Crippen LogP) is 2.71. The van der Waals surface area contributed by atoms with Crippen LogP contribution in [-0.2, 0) is 16.5 Å². The van der Waals surface area contributed by atoms with E-state index in [2.05, 4.69) is 40.0 Å². The average molecular weight is 211 g/mol. The molecule has 0 spiro atoms. The second-order valence-electron chi connectivity index (χ2n) is 2.68. The van der Waals surface area contributed by atoms with Crippen LogP contribution in [0.15, 0.2) is 0 Å². The first-order valence-corrected chi connectivity index (χ1v) is 8.05. The second-order valence-corrected chi connectivity index (χ2v) is 8.05. The van der Waals surface area contributed by atoms with Gasteiger partial charge in [-0.05, 0) is 40.0 Å². The summed E-state index contributed by atoms with van der Waals surface area (Å²) in [4.78, 5) is 0. The Morgan fingerprint density at radius 3 is 0.556 bits per heavy atom. The maximum absolute atomic E-state index is 2.23. The Labute approximate surface area is 72.6 Å². The van der Waals surface area contributed by atoms with Gasteiger partial charge in [0.2, 0.25) is 0 Å². The van der Waals surface area contributed by atoms with Crippen molar-refractivity contribution >= 4 is 15.8 Å². The van der Waals surface area contributed by atoms with Crippen LogP contribution in [0.2, 0.25) is 0 Å². The van der Waals surface area contributed by atoms with E-state index in [0.717, 1.165) is 0 Å². The van der Waals surface area contributed by atoms with Crippen LogP contribution in [0.1, 0.15) is 0 Å². The molecule has 0 amide bonds. The van der Waals surface area contributed by atoms with E-state index in [-0.39, 0.29) is 16.5 Å². The van der Waals surface area contributed by atoms with E-state index in [1.54, 1.807) is 0 Å². The Balaban J connectivity index is -0.0000000720. The second kappa shape index (κ2) is 12.1. The van der Waals surface area contributed by atoms with Crippen molar-refractivity contribution in [1.82, 2.24) is 0 Å². The first-order chi connectivity index (χ1) is 3.46. The van der Waals surface area contributed by atoms with Crippen molar-refractivity contribution < 1.29 is 16.5 Å². The molecule has 62 valence electrons. The topological polar surface area (TPSA) is 0 Å². The molecule has 0 bridgehead atoms. The smallest absolute Gasteiger partial charge is 0 e. The molecular formula is C6H18NiP2. The molecule has 0 saturated heterocycles. The predicted molar refractivity (Wildman–Crippen MR) is 49.4 cm³/mol. The van der Waals surface area contributed by atoms with Crippen LogP contribution >= 0.6 is 15.8 Å². The van der Waals surface area contributed by atoms with Gasteiger partial charge in [-0.15, -0.1) is 15.8 Å². The third-order valence-electron chi connectivity index (χ3n) is 0. The third-order valence-corrected chi connectivity index (χ3v) is 0. The van der Waals surface area contributed by atoms with Crippen molar-refractivity contribution in [1.29, 1.82) is 0 Å². The molecule has 0 aliphatic rings. The standard InChI is InChI=1S/2C3H9P.Ni/c2*1-4(2)3;/h2*1-3H3;. The van der Waals surface area contributed by atoms with Crippen molar-refractivity contribution in [3.8, 4) is 0 Å². The van der Waals surface area contributed by atoms with E-state index < -0.39 is 0 Å². The van der Waals surface area contributed by atoms with Crippen LogP contribution in [-0.4, -0.2) is 40.0 Å². The van der Waals surface area contributed by atoms with Crippen molar-refractivity contribution in [2.45, 2.75) is 0 Å². The summed E-state index contributed by atoms with van der Waals surface area (Å²) in [5, 5.41) is 0. The molecule has 0 rings (SSSR count). The van der Waals surface area contributed by atoms with Crippen molar-refractivity contribution in [3.05, 3.63) is 0 Å². The fourth-order valence-corrected chi connectivity index (χ4v) is 0. The minimum absolute atomic E-state index is 0. The summed E-state index contributed by atoms with van der Waals surface area (Å²) in [6, 6.07) is 0. The quantitative estimate of drug-likeness (QED) is 0.426. The maximum atomic E-state index is 2.23. The van der Waals surface area contributed by atoms with Gasteiger partial charge in [0.25, 0.3) is 0 Å². The molecule has 0 radical (unpaired) electrons. The van der Waals surface area contributed by atoms with Gasteiger partial charge in [0.15, 0.2) is 0 Å². The van der Waals surface area contributed by atoms with E-state index in [1.807, 2.05) is 0 Å². The minimum Gasteiger partial charge on any atom is -0.116 e. The van der Waals surface area contributed by atoms with Crippen LogP contribution in [0, 0.1) is 0 Å². The van der Waals surface area contributed by atoms with Crippen molar-refractivity contribution in [3.63, 3.8) is 0 Å². The Morgan fingerprint density at radius 1 is 0.556 bits per heavy atom. The van der Waals surface area contributed by atoms with Gasteiger partial charge < -0.3 is 0 Å². The van der Waals surface area contributed by atoms with Gasteiger partial charge in [-0.25, -0.2) is 0 Å². The molecule has 9 heavy (non-hydrogen) atoms. The van der Waals surface area contributed by atoms with Gasteiger partial charge in [0.1, 0.15) is 0 Å². The van der Waals surface area contributed by atoms with Gasteiger partial charge >= 0.3 is 0 Å². The van der Waals surface area contributed by atoms with Crippen LogP contribution < -0.4 is 0 Å². The van der Waals surface area contributed by atoms with E-state index in [0.29, 0.717) is 15.8 Å². The van der Waals surface area contributed by atoms with Crippen LogP contribution in [0.3, 0.4) is 0 Å². The summed E-state index contributed by atoms with van der Waals surface area (Å²) in [7, 11) is 0.759. The van der Waals surface area contributed by atoms with Gasteiger partial charge in [-0.1, -0.05) is 0 Å². The van der Waals surface area contributed by atoms with Gasteiger partial charge in [0.05, 0.1) is 0 Å². The number of hydrogen-bond donors (Lipinski definition) is 0. The van der Waals surface area contributed by atoms with Crippen LogP contribution in [0.5, 0.6) is 0 Å². The summed E-state index contributed by atoms with van der Waals surface area (Å²) in [6.07, 6.45) is 0. The summed E-state index contributed by atoms with van der Waals surface area (Å²) >= 11 is 0. The molecular weight excluding hydrogens is 193 g/mol. The van der Waals surface area contributed by atoms with Gasteiger partial charge in [-0.2, -0.15) is 0 Å². The summed E-state index contributed by atoms with van der Waals surface area (Å²) < 4.78 is 0. The first kappa shape index (κ1) is 16.8. The molecule has 0 aromatic heterocycles. The fraction of sp³-hybridized carbons (Fsp3) is 1.00. The summed E-state index contributed by atoms with van der Waals surface area (Å²) in [6.45, 7) is 13.4. The van der Waals surface area contributed by atoms with Crippen LogP contribution in [0.4, 0.5) is 0 Å². The molecule has 0 aliphatic heterocycles. The Hall–Kier alpha value is 1.35. The molecule has 0 heterocycles. The third kappa shape index (κ3) is 276. The maximum Gasteiger partial charge on any atom is 0 e. The molecule has 0 fully saturated rings. The number of rotatable bonds is 0. The molecule has 0 unspecified atom stereocenters. The Kier molecular flexibility index (Phi) is 22.5. The van der Waals surface area contributed by atoms with Gasteiger partial charge in [-0.3, -0.25) is 0 Å². The molecule has 0 aromatic rings. The zero-order chi connectivity index (χ0) is 7.15. The van der Waals surface area contributed by atoms with E-state index in [4.69, 9.17) is 0 Å². The molecule has 0 atom stereocenters. The summed E-state index contributed by atoms with van der Waals surface area (Å²) in [5.41, 5.74) is 0. The van der Waals surface area contributed by atoms with Crippen LogP contribution in [0.25, 0.3) is 0 Å². The molecule has 0 aliphatic carbocycles. The largest absolute Gasteiger partial charge is 0.116 e. The van der Waals surface area contributed by atoms with E-state index in [9.17, 15) is 0 Å². The summed E-state index contributed by atoms with van der Waals surface area (Å²) in [5.74, 6) is 0. The molecule has 3 heteroatoms. The molecule has 0 nitrogen and oxygen atoms in total. The zero-order valence-corrected chi connectivity index (χ0v) is 9.99. The van der Waals surface area contributed by atoms with E-state index in [1.165, 1.54) is 0 Å². The molecule has 0 aromatic carbocycles.